The third kappa shape index (κ3) is 3.19. The number of nitrogens with two attached hydrogens (primary N) is 1. The standard InChI is InChI=1S/C16H21N3S/c1-12-4-2-5-13(8-12)14-6-3-7-19(10-14)11-15-9-18-16(17)20-15/h2,4-5,8-9,14H,3,6-7,10-11H2,1H3,(H2,17,18). The maximum Gasteiger partial charge on any atom is 0.180 e. The Hall–Kier alpha value is -1.39. The number of anilines is 1. The van der Waals surface area contributed by atoms with Gasteiger partial charge in [-0.15, -0.1) is 11.3 Å². The van der Waals surface area contributed by atoms with E-state index in [0.29, 0.717) is 11.0 Å². The van der Waals surface area contributed by atoms with Gasteiger partial charge in [-0.25, -0.2) is 4.98 Å². The van der Waals surface area contributed by atoms with Crippen molar-refractivity contribution in [2.45, 2.75) is 32.2 Å². The minimum Gasteiger partial charge on any atom is -0.375 e. The molecule has 2 heterocycles. The Kier molecular flexibility index (Phi) is 4.03. The summed E-state index contributed by atoms with van der Waals surface area (Å²) in [5, 5.41) is 0.673. The van der Waals surface area contributed by atoms with Gasteiger partial charge in [0.05, 0.1) is 0 Å². The molecule has 0 saturated carbocycles. The van der Waals surface area contributed by atoms with Gasteiger partial charge >= 0.3 is 0 Å². The zero-order valence-corrected chi connectivity index (χ0v) is 12.7. The minimum atomic E-state index is 0.661. The van der Waals surface area contributed by atoms with Crippen molar-refractivity contribution in [1.29, 1.82) is 0 Å². The van der Waals surface area contributed by atoms with Gasteiger partial charge in [0.15, 0.2) is 5.13 Å². The van der Waals surface area contributed by atoms with Gasteiger partial charge in [0, 0.05) is 24.2 Å². The normalized spacial score (nSPS) is 20.1. The fourth-order valence-corrected chi connectivity index (χ4v) is 3.74. The molecule has 1 aliphatic rings. The molecule has 4 heteroatoms. The van der Waals surface area contributed by atoms with Crippen LogP contribution in [-0.2, 0) is 6.54 Å². The summed E-state index contributed by atoms with van der Waals surface area (Å²) in [6, 6.07) is 8.95. The van der Waals surface area contributed by atoms with Gasteiger partial charge in [0.25, 0.3) is 0 Å². The van der Waals surface area contributed by atoms with E-state index in [1.54, 1.807) is 11.3 Å². The lowest BCUT2D eigenvalue weighted by atomic mass is 9.90. The Morgan fingerprint density at radius 2 is 2.35 bits per heavy atom. The molecule has 1 aromatic heterocycles. The lowest BCUT2D eigenvalue weighted by Crippen LogP contribution is -2.33. The van der Waals surface area contributed by atoms with Crippen LogP contribution in [0, 0.1) is 6.92 Å². The second-order valence-electron chi connectivity index (χ2n) is 5.65. The third-order valence-corrected chi connectivity index (χ3v) is 4.78. The smallest absolute Gasteiger partial charge is 0.180 e. The summed E-state index contributed by atoms with van der Waals surface area (Å²) in [6.07, 6.45) is 4.48. The summed E-state index contributed by atoms with van der Waals surface area (Å²) >= 11 is 1.61. The maximum atomic E-state index is 5.71. The highest BCUT2D eigenvalue weighted by Gasteiger charge is 2.21. The highest BCUT2D eigenvalue weighted by molar-refractivity contribution is 7.15. The van der Waals surface area contributed by atoms with E-state index in [4.69, 9.17) is 5.73 Å². The predicted molar refractivity (Wildman–Crippen MR) is 85.0 cm³/mol. The van der Waals surface area contributed by atoms with Crippen molar-refractivity contribution in [1.82, 2.24) is 9.88 Å². The second kappa shape index (κ2) is 5.94. The fraction of sp³-hybridized carbons (Fsp3) is 0.438. The summed E-state index contributed by atoms with van der Waals surface area (Å²) in [5.41, 5.74) is 8.55. The molecule has 1 unspecified atom stereocenters. The van der Waals surface area contributed by atoms with Crippen LogP contribution < -0.4 is 5.73 Å². The molecule has 1 atom stereocenters. The molecular weight excluding hydrogens is 266 g/mol. The molecule has 20 heavy (non-hydrogen) atoms. The number of thiazole rings is 1. The summed E-state index contributed by atoms with van der Waals surface area (Å²) < 4.78 is 0. The van der Waals surface area contributed by atoms with E-state index in [1.165, 1.54) is 35.4 Å². The van der Waals surface area contributed by atoms with Crippen LogP contribution in [0.5, 0.6) is 0 Å². The van der Waals surface area contributed by atoms with Crippen LogP contribution in [0.25, 0.3) is 0 Å². The lowest BCUT2D eigenvalue weighted by Gasteiger charge is -2.32. The average Bonchev–Trinajstić information content (AvgIpc) is 2.84. The topological polar surface area (TPSA) is 42.2 Å². The van der Waals surface area contributed by atoms with Crippen molar-refractivity contribution >= 4 is 16.5 Å². The highest BCUT2D eigenvalue weighted by Crippen LogP contribution is 2.29. The van der Waals surface area contributed by atoms with Crippen molar-refractivity contribution in [3.63, 3.8) is 0 Å². The number of nitrogen functional groups attached to an aromatic ring is 1. The Morgan fingerprint density at radius 1 is 1.45 bits per heavy atom. The van der Waals surface area contributed by atoms with Gasteiger partial charge in [0.2, 0.25) is 0 Å². The zero-order valence-electron chi connectivity index (χ0n) is 11.9. The molecule has 0 aliphatic carbocycles. The number of hydrogen-bond acceptors (Lipinski definition) is 4. The van der Waals surface area contributed by atoms with Crippen molar-refractivity contribution in [2.24, 2.45) is 0 Å². The first-order chi connectivity index (χ1) is 9.70. The van der Waals surface area contributed by atoms with Crippen molar-refractivity contribution < 1.29 is 0 Å². The zero-order chi connectivity index (χ0) is 13.9. The quantitative estimate of drug-likeness (QED) is 0.940. The molecule has 0 bridgehead atoms. The maximum absolute atomic E-state index is 5.71. The van der Waals surface area contributed by atoms with Crippen LogP contribution in [0.1, 0.15) is 34.8 Å². The summed E-state index contributed by atoms with van der Waals surface area (Å²) in [5.74, 6) is 0.661. The Bertz CT molecular complexity index is 579. The first-order valence-electron chi connectivity index (χ1n) is 7.20. The number of likely N-dealkylation sites (tertiary alicyclic amines) is 1. The molecule has 0 spiro atoms. The predicted octanol–water partition coefficient (Wildman–Crippen LogP) is 3.41. The minimum absolute atomic E-state index is 0.661. The highest BCUT2D eigenvalue weighted by atomic mass is 32.1. The van der Waals surface area contributed by atoms with Crippen LogP contribution in [0.4, 0.5) is 5.13 Å². The van der Waals surface area contributed by atoms with Crippen LogP contribution in [0.2, 0.25) is 0 Å². The molecule has 1 aliphatic heterocycles. The van der Waals surface area contributed by atoms with Gasteiger partial charge in [-0.1, -0.05) is 29.8 Å². The van der Waals surface area contributed by atoms with Crippen LogP contribution in [0.3, 0.4) is 0 Å². The van der Waals surface area contributed by atoms with Gasteiger partial charge in [-0.3, -0.25) is 4.90 Å². The van der Waals surface area contributed by atoms with Gasteiger partial charge in [-0.2, -0.15) is 0 Å². The number of aromatic nitrogens is 1. The van der Waals surface area contributed by atoms with E-state index in [0.717, 1.165) is 13.1 Å². The molecule has 3 nitrogen and oxygen atoms in total. The molecule has 106 valence electrons. The van der Waals surface area contributed by atoms with E-state index >= 15 is 0 Å². The van der Waals surface area contributed by atoms with Crippen LogP contribution >= 0.6 is 11.3 Å². The third-order valence-electron chi connectivity index (χ3n) is 3.97. The van der Waals surface area contributed by atoms with Gasteiger partial charge in [0.1, 0.15) is 0 Å². The van der Waals surface area contributed by atoms with E-state index in [1.807, 2.05) is 6.20 Å². The molecular formula is C16H21N3S. The van der Waals surface area contributed by atoms with Crippen LogP contribution in [-0.4, -0.2) is 23.0 Å². The molecule has 1 fully saturated rings. The molecule has 1 saturated heterocycles. The number of aryl methyl sites for hydroxylation is 1. The SMILES string of the molecule is Cc1cccc(C2CCCN(Cc3cnc(N)s3)C2)c1. The monoisotopic (exact) mass is 287 g/mol. The van der Waals surface area contributed by atoms with Gasteiger partial charge < -0.3 is 5.73 Å². The lowest BCUT2D eigenvalue weighted by molar-refractivity contribution is 0.201. The molecule has 2 N–H and O–H groups in total. The first kappa shape index (κ1) is 13.6. The number of hydrogen-bond donors (Lipinski definition) is 1. The number of piperidine rings is 1. The Morgan fingerprint density at radius 3 is 3.10 bits per heavy atom. The fourth-order valence-electron chi connectivity index (χ4n) is 3.01. The molecule has 1 aromatic carbocycles. The largest absolute Gasteiger partial charge is 0.375 e. The summed E-state index contributed by atoms with van der Waals surface area (Å²) in [4.78, 5) is 7.94. The number of rotatable bonds is 3. The summed E-state index contributed by atoms with van der Waals surface area (Å²) in [7, 11) is 0. The van der Waals surface area contributed by atoms with Crippen molar-refractivity contribution in [3.8, 4) is 0 Å². The van der Waals surface area contributed by atoms with Crippen molar-refractivity contribution in [3.05, 3.63) is 46.5 Å². The first-order valence-corrected chi connectivity index (χ1v) is 8.01. The second-order valence-corrected chi connectivity index (χ2v) is 6.80. The molecule has 0 radical (unpaired) electrons. The van der Waals surface area contributed by atoms with E-state index in [2.05, 4.69) is 41.1 Å². The van der Waals surface area contributed by atoms with E-state index in [-0.39, 0.29) is 0 Å². The van der Waals surface area contributed by atoms with Crippen molar-refractivity contribution in [2.75, 3.05) is 18.8 Å². The number of benzene rings is 1. The molecule has 3 rings (SSSR count). The summed E-state index contributed by atoms with van der Waals surface area (Å²) in [6.45, 7) is 5.47. The molecule has 2 aromatic rings. The molecule has 0 amide bonds. The Balaban J connectivity index is 1.67. The number of nitrogens with zero attached hydrogens (tertiary/aromatic N) is 2. The van der Waals surface area contributed by atoms with E-state index < -0.39 is 0 Å². The van der Waals surface area contributed by atoms with Crippen LogP contribution in [0.15, 0.2) is 30.5 Å². The Labute approximate surface area is 124 Å². The van der Waals surface area contributed by atoms with Gasteiger partial charge in [-0.05, 0) is 37.8 Å². The average molecular weight is 287 g/mol. The van der Waals surface area contributed by atoms with E-state index in [9.17, 15) is 0 Å².